The number of ether oxygens (including phenoxy) is 1. The van der Waals surface area contributed by atoms with Gasteiger partial charge in [-0.15, -0.1) is 0 Å². The summed E-state index contributed by atoms with van der Waals surface area (Å²) in [6, 6.07) is 2.31. The number of hydrogen-bond donors (Lipinski definition) is 1. The van der Waals surface area contributed by atoms with Crippen LogP contribution in [-0.4, -0.2) is 60.1 Å². The Morgan fingerprint density at radius 1 is 1.40 bits per heavy atom. The van der Waals surface area contributed by atoms with E-state index in [2.05, 4.69) is 26.7 Å². The summed E-state index contributed by atoms with van der Waals surface area (Å²) in [6.45, 7) is 5.95. The van der Waals surface area contributed by atoms with Crippen molar-refractivity contribution < 1.29 is 9.84 Å². The van der Waals surface area contributed by atoms with Crippen LogP contribution in [0.5, 0.6) is 0 Å². The molecule has 0 aromatic carbocycles. The van der Waals surface area contributed by atoms with Crippen LogP contribution in [0.25, 0.3) is 0 Å². The van der Waals surface area contributed by atoms with Gasteiger partial charge in [-0.25, -0.2) is 4.98 Å². The maximum absolute atomic E-state index is 9.87. The first-order chi connectivity index (χ1) is 9.78. The Kier molecular flexibility index (Phi) is 4.03. The molecule has 1 aromatic rings. The second kappa shape index (κ2) is 5.93. The van der Waals surface area contributed by atoms with Crippen LogP contribution in [-0.2, 0) is 4.74 Å². The second-order valence-corrected chi connectivity index (χ2v) is 5.42. The van der Waals surface area contributed by atoms with Gasteiger partial charge in [-0.2, -0.15) is 4.98 Å². The number of aromatic nitrogens is 2. The minimum absolute atomic E-state index is 0.248. The van der Waals surface area contributed by atoms with Gasteiger partial charge in [0.25, 0.3) is 0 Å². The lowest BCUT2D eigenvalue weighted by Crippen LogP contribution is -2.38. The molecule has 2 aliphatic heterocycles. The van der Waals surface area contributed by atoms with E-state index >= 15 is 0 Å². The lowest BCUT2D eigenvalue weighted by molar-refractivity contribution is 0.122. The van der Waals surface area contributed by atoms with E-state index < -0.39 is 0 Å². The van der Waals surface area contributed by atoms with Gasteiger partial charge in [0.2, 0.25) is 5.95 Å². The van der Waals surface area contributed by atoms with Crippen LogP contribution in [0.15, 0.2) is 12.3 Å². The molecule has 0 amide bonds. The molecular weight excluding hydrogens is 256 g/mol. The third kappa shape index (κ3) is 2.71. The molecule has 6 heteroatoms. The molecule has 6 nitrogen and oxygen atoms in total. The maximum atomic E-state index is 9.87. The number of nitrogens with zero attached hydrogens (tertiary/aromatic N) is 4. The number of β-amino-alcohol motifs (C(OH)–C–C–N with tert-alkyl or cyclic N) is 1. The average molecular weight is 278 g/mol. The van der Waals surface area contributed by atoms with Gasteiger partial charge >= 0.3 is 0 Å². The Morgan fingerprint density at radius 2 is 2.20 bits per heavy atom. The Hall–Kier alpha value is -1.40. The summed E-state index contributed by atoms with van der Waals surface area (Å²) in [5.74, 6) is 1.69. The normalized spacial score (nSPS) is 27.1. The second-order valence-electron chi connectivity index (χ2n) is 5.42. The minimum atomic E-state index is -0.248. The fourth-order valence-electron chi connectivity index (χ4n) is 2.97. The van der Waals surface area contributed by atoms with Gasteiger partial charge in [0.15, 0.2) is 0 Å². The topological polar surface area (TPSA) is 61.7 Å². The highest BCUT2D eigenvalue weighted by molar-refractivity contribution is 5.46. The largest absolute Gasteiger partial charge is 0.391 e. The molecule has 1 aromatic heterocycles. The van der Waals surface area contributed by atoms with Crippen LogP contribution in [0.3, 0.4) is 0 Å². The van der Waals surface area contributed by atoms with E-state index in [1.807, 2.05) is 12.3 Å². The third-order valence-electron chi connectivity index (χ3n) is 4.08. The van der Waals surface area contributed by atoms with Crippen molar-refractivity contribution in [1.82, 2.24) is 9.97 Å². The summed E-state index contributed by atoms with van der Waals surface area (Å²) >= 11 is 0. The maximum Gasteiger partial charge on any atom is 0.227 e. The highest BCUT2D eigenvalue weighted by atomic mass is 16.5. The van der Waals surface area contributed by atoms with Crippen LogP contribution >= 0.6 is 0 Å². The minimum Gasteiger partial charge on any atom is -0.391 e. The van der Waals surface area contributed by atoms with Crippen LogP contribution in [0.1, 0.15) is 19.8 Å². The smallest absolute Gasteiger partial charge is 0.227 e. The first-order valence-electron chi connectivity index (χ1n) is 7.38. The summed E-state index contributed by atoms with van der Waals surface area (Å²) in [5, 5.41) is 9.87. The van der Waals surface area contributed by atoms with Gasteiger partial charge in [0, 0.05) is 31.9 Å². The van der Waals surface area contributed by atoms with Crippen molar-refractivity contribution in [2.75, 3.05) is 42.6 Å². The number of anilines is 2. The molecule has 2 fully saturated rings. The molecule has 0 radical (unpaired) electrons. The van der Waals surface area contributed by atoms with Crippen molar-refractivity contribution >= 4 is 11.8 Å². The van der Waals surface area contributed by atoms with E-state index in [0.29, 0.717) is 12.6 Å². The van der Waals surface area contributed by atoms with E-state index in [1.165, 1.54) is 0 Å². The van der Waals surface area contributed by atoms with Crippen molar-refractivity contribution in [3.8, 4) is 0 Å². The molecule has 3 rings (SSSR count). The molecule has 0 bridgehead atoms. The van der Waals surface area contributed by atoms with Crippen molar-refractivity contribution in [1.29, 1.82) is 0 Å². The SMILES string of the molecule is CCC1C[C@@H](O)CN1c1ccnc(N2CCOCC2)n1. The van der Waals surface area contributed by atoms with Crippen LogP contribution in [0, 0.1) is 0 Å². The van der Waals surface area contributed by atoms with Crippen LogP contribution in [0.4, 0.5) is 11.8 Å². The number of morpholine rings is 1. The standard InChI is InChI=1S/C14H22N4O2/c1-2-11-9-12(19)10-18(11)13-3-4-15-14(16-13)17-5-7-20-8-6-17/h3-4,11-12,19H,2,5-10H2,1H3/t11?,12-/m1/s1. The molecule has 1 unspecified atom stereocenters. The van der Waals surface area contributed by atoms with Gasteiger partial charge in [-0.1, -0.05) is 6.92 Å². The molecule has 2 atom stereocenters. The molecule has 110 valence electrons. The summed E-state index contributed by atoms with van der Waals surface area (Å²) in [5.41, 5.74) is 0. The molecule has 0 saturated carbocycles. The van der Waals surface area contributed by atoms with E-state index in [9.17, 15) is 5.11 Å². The van der Waals surface area contributed by atoms with Crippen LogP contribution in [0.2, 0.25) is 0 Å². The Labute approximate surface area is 119 Å². The molecule has 2 aliphatic rings. The number of hydrogen-bond acceptors (Lipinski definition) is 6. The summed E-state index contributed by atoms with van der Waals surface area (Å²) in [7, 11) is 0. The fourth-order valence-corrected chi connectivity index (χ4v) is 2.97. The quantitative estimate of drug-likeness (QED) is 0.876. The van der Waals surface area contributed by atoms with E-state index in [1.54, 1.807) is 0 Å². The zero-order chi connectivity index (χ0) is 13.9. The average Bonchev–Trinajstić information content (AvgIpc) is 2.89. The monoisotopic (exact) mass is 278 g/mol. The fraction of sp³-hybridized carbons (Fsp3) is 0.714. The number of aliphatic hydroxyl groups is 1. The predicted molar refractivity (Wildman–Crippen MR) is 77.1 cm³/mol. The lowest BCUT2D eigenvalue weighted by Gasteiger charge is -2.29. The molecule has 2 saturated heterocycles. The first kappa shape index (κ1) is 13.6. The van der Waals surface area contributed by atoms with Crippen molar-refractivity contribution in [2.45, 2.75) is 31.9 Å². The molecule has 3 heterocycles. The first-order valence-corrected chi connectivity index (χ1v) is 7.38. The highest BCUT2D eigenvalue weighted by Crippen LogP contribution is 2.27. The summed E-state index contributed by atoms with van der Waals surface area (Å²) in [4.78, 5) is 13.4. The van der Waals surface area contributed by atoms with Gasteiger partial charge in [-0.05, 0) is 18.9 Å². The number of rotatable bonds is 3. The zero-order valence-corrected chi connectivity index (χ0v) is 11.9. The predicted octanol–water partition coefficient (Wildman–Crippen LogP) is 0.663. The van der Waals surface area contributed by atoms with E-state index in [-0.39, 0.29) is 6.10 Å². The molecule has 0 aliphatic carbocycles. The molecular formula is C14H22N4O2. The molecule has 1 N–H and O–H groups in total. The van der Waals surface area contributed by atoms with Crippen LogP contribution < -0.4 is 9.80 Å². The lowest BCUT2D eigenvalue weighted by atomic mass is 10.1. The number of aliphatic hydroxyl groups excluding tert-OH is 1. The highest BCUT2D eigenvalue weighted by Gasteiger charge is 2.30. The summed E-state index contributed by atoms with van der Waals surface area (Å²) < 4.78 is 5.36. The van der Waals surface area contributed by atoms with Gasteiger partial charge in [-0.3, -0.25) is 0 Å². The van der Waals surface area contributed by atoms with Crippen molar-refractivity contribution in [2.24, 2.45) is 0 Å². The van der Waals surface area contributed by atoms with Crippen molar-refractivity contribution in [3.05, 3.63) is 12.3 Å². The molecule has 20 heavy (non-hydrogen) atoms. The van der Waals surface area contributed by atoms with Gasteiger partial charge in [0.1, 0.15) is 5.82 Å². The zero-order valence-electron chi connectivity index (χ0n) is 11.9. The van der Waals surface area contributed by atoms with Gasteiger partial charge < -0.3 is 19.6 Å². The van der Waals surface area contributed by atoms with E-state index in [4.69, 9.17) is 4.74 Å². The third-order valence-corrected chi connectivity index (χ3v) is 4.08. The Balaban J connectivity index is 1.79. The summed E-state index contributed by atoms with van der Waals surface area (Å²) in [6.07, 6.45) is 3.41. The molecule has 0 spiro atoms. The van der Waals surface area contributed by atoms with Gasteiger partial charge in [0.05, 0.1) is 19.3 Å². The Morgan fingerprint density at radius 3 is 2.95 bits per heavy atom. The van der Waals surface area contributed by atoms with E-state index in [0.717, 1.165) is 50.9 Å². The Bertz CT molecular complexity index is 451. The van der Waals surface area contributed by atoms with Crippen molar-refractivity contribution in [3.63, 3.8) is 0 Å².